The second kappa shape index (κ2) is 8.31. The molecule has 1 amide bonds. The average Bonchev–Trinajstić information content (AvgIpc) is 3.41. The molecule has 1 atom stereocenters. The summed E-state index contributed by atoms with van der Waals surface area (Å²) < 4.78 is 9.45. The Labute approximate surface area is 200 Å². The van der Waals surface area contributed by atoms with Crippen molar-refractivity contribution in [3.63, 3.8) is 0 Å². The molecule has 34 heavy (non-hydrogen) atoms. The van der Waals surface area contributed by atoms with Crippen LogP contribution in [-0.4, -0.2) is 29.6 Å². The summed E-state index contributed by atoms with van der Waals surface area (Å²) in [6.07, 6.45) is 6.81. The van der Waals surface area contributed by atoms with Gasteiger partial charge >= 0.3 is 5.97 Å². The first-order valence-electron chi connectivity index (χ1n) is 11.8. The molecular formula is C27H31N4O3+. The molecule has 2 aliphatic rings. The van der Waals surface area contributed by atoms with Gasteiger partial charge in [0, 0.05) is 17.7 Å². The predicted molar refractivity (Wildman–Crippen MR) is 130 cm³/mol. The number of fused-ring (bicyclic) bond motifs is 5. The van der Waals surface area contributed by atoms with E-state index in [-0.39, 0.29) is 18.5 Å². The number of ether oxygens (including phenoxy) is 1. The Morgan fingerprint density at radius 3 is 2.65 bits per heavy atom. The maximum Gasteiger partial charge on any atom is 0.338 e. The summed E-state index contributed by atoms with van der Waals surface area (Å²) in [6, 6.07) is 13.4. The van der Waals surface area contributed by atoms with E-state index in [2.05, 4.69) is 25.7 Å². The summed E-state index contributed by atoms with van der Waals surface area (Å²) in [7, 11) is 1.95. The fraction of sp³-hybridized carbons (Fsp3) is 0.370. The van der Waals surface area contributed by atoms with E-state index >= 15 is 0 Å². The molecule has 0 N–H and O–H groups in total. The van der Waals surface area contributed by atoms with Crippen LogP contribution in [0.5, 0.6) is 0 Å². The van der Waals surface area contributed by atoms with Crippen LogP contribution < -0.4 is 14.4 Å². The van der Waals surface area contributed by atoms with Crippen molar-refractivity contribution in [1.82, 2.24) is 4.57 Å². The van der Waals surface area contributed by atoms with Crippen molar-refractivity contribution >= 4 is 23.3 Å². The van der Waals surface area contributed by atoms with Gasteiger partial charge in [-0.2, -0.15) is 0 Å². The normalized spacial score (nSPS) is 18.3. The monoisotopic (exact) mass is 459 g/mol. The molecule has 1 aromatic heterocycles. The highest BCUT2D eigenvalue weighted by Gasteiger charge is 2.56. The van der Waals surface area contributed by atoms with Crippen molar-refractivity contribution < 1.29 is 18.9 Å². The van der Waals surface area contributed by atoms with Crippen LogP contribution in [0.3, 0.4) is 0 Å². The topological polar surface area (TPSA) is 58.7 Å². The number of aromatic nitrogens is 2. The number of nitrogens with zero attached hydrogens (tertiary/aromatic N) is 4. The lowest BCUT2D eigenvalue weighted by Crippen LogP contribution is -2.50. The number of carbonyl (C=O) groups is 2. The third kappa shape index (κ3) is 3.47. The molecule has 0 aliphatic carbocycles. The van der Waals surface area contributed by atoms with E-state index < -0.39 is 5.66 Å². The Hall–Kier alpha value is -3.61. The fourth-order valence-corrected chi connectivity index (χ4v) is 5.11. The molecule has 3 aromatic rings. The van der Waals surface area contributed by atoms with Crippen LogP contribution in [0.15, 0.2) is 61.2 Å². The molecule has 0 saturated carbocycles. The van der Waals surface area contributed by atoms with Crippen LogP contribution in [0, 0.1) is 5.92 Å². The van der Waals surface area contributed by atoms with Crippen molar-refractivity contribution in [3.8, 4) is 0 Å². The van der Waals surface area contributed by atoms with Gasteiger partial charge in [0.05, 0.1) is 24.0 Å². The number of hydrogen-bond acceptors (Lipinski definition) is 4. The number of anilines is 2. The molecule has 7 heteroatoms. The minimum Gasteiger partial charge on any atom is -0.458 e. The maximum absolute atomic E-state index is 13.5. The summed E-state index contributed by atoms with van der Waals surface area (Å²) >= 11 is 0. The lowest BCUT2D eigenvalue weighted by molar-refractivity contribution is -0.671. The Bertz CT molecular complexity index is 1260. The molecule has 176 valence electrons. The van der Waals surface area contributed by atoms with E-state index in [0.29, 0.717) is 18.0 Å². The first-order chi connectivity index (χ1) is 16.3. The molecule has 0 spiro atoms. The van der Waals surface area contributed by atoms with E-state index in [1.165, 1.54) is 0 Å². The van der Waals surface area contributed by atoms with Crippen molar-refractivity contribution in [2.75, 3.05) is 23.0 Å². The van der Waals surface area contributed by atoms with Crippen molar-refractivity contribution in [2.45, 2.75) is 39.4 Å². The van der Waals surface area contributed by atoms with Crippen LogP contribution in [0.25, 0.3) is 0 Å². The van der Waals surface area contributed by atoms with Gasteiger partial charge in [-0.25, -0.2) is 13.9 Å². The summed E-state index contributed by atoms with van der Waals surface area (Å²) in [5, 5.41) is 0. The van der Waals surface area contributed by atoms with Crippen molar-refractivity contribution in [2.24, 2.45) is 13.0 Å². The quantitative estimate of drug-likeness (QED) is 0.398. The molecule has 1 unspecified atom stereocenters. The summed E-state index contributed by atoms with van der Waals surface area (Å²) in [5.74, 6) is 0.119. The van der Waals surface area contributed by atoms with Gasteiger partial charge in [-0.1, -0.05) is 32.0 Å². The van der Waals surface area contributed by atoms with Gasteiger partial charge in [0.15, 0.2) is 0 Å². The SMILES string of the molecule is CC(C)CCN1c2ccc(C(=O)OCCn3cc[n+](C)c3)cc2N2C(=O)c3ccccc3C12C. The zero-order valence-electron chi connectivity index (χ0n) is 20.2. The number of benzene rings is 2. The van der Waals surface area contributed by atoms with Crippen molar-refractivity contribution in [3.05, 3.63) is 77.9 Å². The second-order valence-electron chi connectivity index (χ2n) is 9.70. The smallest absolute Gasteiger partial charge is 0.338 e. The molecule has 0 radical (unpaired) electrons. The van der Waals surface area contributed by atoms with Gasteiger partial charge < -0.3 is 9.64 Å². The lowest BCUT2D eigenvalue weighted by atomic mass is 9.98. The minimum absolute atomic E-state index is 0.0302. The molecule has 0 fully saturated rings. The first kappa shape index (κ1) is 22.2. The number of carbonyl (C=O) groups excluding carboxylic acids is 2. The Balaban J connectivity index is 1.45. The standard InChI is InChI=1S/C27H31N4O3/c1-19(2)11-12-30-23-10-9-20(26(33)34-16-15-29-14-13-28(4)18-29)17-24(23)31-25(32)21-7-5-6-8-22(21)27(30,31)3/h5-10,13-14,17-19H,11-12,15-16H2,1-4H3/q+1. The van der Waals surface area contributed by atoms with Crippen LogP contribution in [0.4, 0.5) is 11.4 Å². The van der Waals surface area contributed by atoms with Crippen LogP contribution in [0.1, 0.15) is 53.5 Å². The molecule has 2 aliphatic heterocycles. The predicted octanol–water partition coefficient (Wildman–Crippen LogP) is 3.87. The van der Waals surface area contributed by atoms with Crippen LogP contribution in [0.2, 0.25) is 0 Å². The van der Waals surface area contributed by atoms with Gasteiger partial charge in [0.2, 0.25) is 6.33 Å². The molecular weight excluding hydrogens is 428 g/mol. The Kier molecular flexibility index (Phi) is 5.42. The van der Waals surface area contributed by atoms with Gasteiger partial charge in [0.25, 0.3) is 5.91 Å². The summed E-state index contributed by atoms with van der Waals surface area (Å²) in [4.78, 5) is 30.5. The number of amides is 1. The highest BCUT2D eigenvalue weighted by Crippen LogP contribution is 2.55. The van der Waals surface area contributed by atoms with E-state index in [4.69, 9.17) is 4.74 Å². The van der Waals surface area contributed by atoms with Crippen molar-refractivity contribution in [1.29, 1.82) is 0 Å². The van der Waals surface area contributed by atoms with Gasteiger partial charge in [-0.3, -0.25) is 9.69 Å². The maximum atomic E-state index is 13.5. The van der Waals surface area contributed by atoms with Gasteiger partial charge in [-0.15, -0.1) is 0 Å². The molecule has 3 heterocycles. The Morgan fingerprint density at radius 1 is 1.12 bits per heavy atom. The highest BCUT2D eigenvalue weighted by molar-refractivity contribution is 6.16. The van der Waals surface area contributed by atoms with E-state index in [0.717, 1.165) is 35.5 Å². The van der Waals surface area contributed by atoms with E-state index in [1.807, 2.05) is 76.2 Å². The van der Waals surface area contributed by atoms with Crippen LogP contribution in [-0.2, 0) is 24.0 Å². The molecule has 5 rings (SSSR count). The fourth-order valence-electron chi connectivity index (χ4n) is 5.11. The van der Waals surface area contributed by atoms with E-state index in [1.54, 1.807) is 6.07 Å². The van der Waals surface area contributed by atoms with Gasteiger partial charge in [-0.05, 0) is 43.5 Å². The second-order valence-corrected chi connectivity index (χ2v) is 9.70. The largest absolute Gasteiger partial charge is 0.458 e. The molecule has 0 bridgehead atoms. The molecule has 0 saturated heterocycles. The third-order valence-electron chi connectivity index (χ3n) is 6.91. The lowest BCUT2D eigenvalue weighted by Gasteiger charge is -2.38. The first-order valence-corrected chi connectivity index (χ1v) is 11.8. The zero-order chi connectivity index (χ0) is 24.0. The molecule has 2 aromatic carbocycles. The number of esters is 1. The van der Waals surface area contributed by atoms with Crippen LogP contribution >= 0.6 is 0 Å². The molecule has 7 nitrogen and oxygen atoms in total. The summed E-state index contributed by atoms with van der Waals surface area (Å²) in [6.45, 7) is 8.19. The number of rotatable bonds is 7. The summed E-state index contributed by atoms with van der Waals surface area (Å²) in [5.41, 5.74) is 3.30. The number of hydrogen-bond donors (Lipinski definition) is 0. The third-order valence-corrected chi connectivity index (χ3v) is 6.91. The highest BCUT2D eigenvalue weighted by atomic mass is 16.5. The number of imidazole rings is 1. The number of aryl methyl sites for hydroxylation is 1. The zero-order valence-corrected chi connectivity index (χ0v) is 20.2. The Morgan fingerprint density at radius 2 is 1.91 bits per heavy atom. The van der Waals surface area contributed by atoms with E-state index in [9.17, 15) is 9.59 Å². The minimum atomic E-state index is -0.614. The average molecular weight is 460 g/mol. The van der Waals surface area contributed by atoms with Gasteiger partial charge in [0.1, 0.15) is 31.2 Å².